The van der Waals surface area contributed by atoms with Crippen LogP contribution in [0.5, 0.6) is 0 Å². The van der Waals surface area contributed by atoms with E-state index in [1.54, 1.807) is 6.26 Å². The van der Waals surface area contributed by atoms with Crippen LogP contribution in [0, 0.1) is 0 Å². The predicted molar refractivity (Wildman–Crippen MR) is 66.5 cm³/mol. The van der Waals surface area contributed by atoms with E-state index in [1.165, 1.54) is 0 Å². The lowest BCUT2D eigenvalue weighted by Gasteiger charge is -2.37. The Bertz CT molecular complexity index is 277. The van der Waals surface area contributed by atoms with Crippen molar-refractivity contribution in [2.45, 2.75) is 50.6 Å². The molecule has 2 atom stereocenters. The first-order valence-electron chi connectivity index (χ1n) is 5.79. The van der Waals surface area contributed by atoms with Gasteiger partial charge in [0, 0.05) is 40.8 Å². The van der Waals surface area contributed by atoms with Crippen LogP contribution < -0.4 is 11.1 Å². The van der Waals surface area contributed by atoms with Gasteiger partial charge in [0.2, 0.25) is 5.91 Å². The Morgan fingerprint density at radius 2 is 2.19 bits per heavy atom. The molecule has 0 heterocycles. The van der Waals surface area contributed by atoms with Crippen LogP contribution in [0.4, 0.5) is 0 Å². The molecular formula is C11H22N2O2S. The molecule has 1 aliphatic rings. The fourth-order valence-corrected chi connectivity index (χ4v) is 2.55. The third kappa shape index (κ3) is 4.61. The third-order valence-electron chi connectivity index (χ3n) is 3.11. The predicted octanol–water partition coefficient (Wildman–Crippen LogP) is 0.531. The van der Waals surface area contributed by atoms with E-state index in [0.29, 0.717) is 12.2 Å². The highest BCUT2D eigenvalue weighted by atomic mass is 32.2. The maximum atomic E-state index is 11.6. The second-order valence-electron chi connectivity index (χ2n) is 4.93. The minimum atomic E-state index is -0.786. The molecule has 1 saturated carbocycles. The van der Waals surface area contributed by atoms with E-state index in [2.05, 4.69) is 5.32 Å². The molecule has 5 heteroatoms. The maximum Gasteiger partial charge on any atom is 0.222 e. The summed E-state index contributed by atoms with van der Waals surface area (Å²) in [6.45, 7) is 1.94. The Morgan fingerprint density at radius 3 is 2.62 bits per heavy atom. The van der Waals surface area contributed by atoms with E-state index in [1.807, 2.05) is 6.92 Å². The molecule has 2 unspecified atom stereocenters. The summed E-state index contributed by atoms with van der Waals surface area (Å²) in [5.41, 5.74) is 5.74. The summed E-state index contributed by atoms with van der Waals surface area (Å²) in [6, 6.07) is 0.0834. The molecule has 0 aromatic carbocycles. The zero-order valence-electron chi connectivity index (χ0n) is 10.1. The minimum Gasteiger partial charge on any atom is -0.354 e. The number of carbonyl (C=O) groups is 1. The van der Waals surface area contributed by atoms with Crippen LogP contribution in [0.15, 0.2) is 0 Å². The summed E-state index contributed by atoms with van der Waals surface area (Å²) in [5, 5.41) is 2.91. The van der Waals surface area contributed by atoms with Crippen LogP contribution in [0.1, 0.15) is 39.0 Å². The van der Waals surface area contributed by atoms with Crippen LogP contribution in [-0.4, -0.2) is 33.7 Å². The van der Waals surface area contributed by atoms with Crippen molar-refractivity contribution in [3.63, 3.8) is 0 Å². The van der Waals surface area contributed by atoms with Crippen LogP contribution in [0.3, 0.4) is 0 Å². The zero-order valence-corrected chi connectivity index (χ0v) is 10.9. The first kappa shape index (κ1) is 13.6. The molecule has 3 N–H and O–H groups in total. The molecule has 0 bridgehead atoms. The monoisotopic (exact) mass is 246 g/mol. The Labute approximate surface area is 99.8 Å². The van der Waals surface area contributed by atoms with Crippen molar-refractivity contribution in [3.05, 3.63) is 0 Å². The van der Waals surface area contributed by atoms with Gasteiger partial charge in [-0.25, -0.2) is 0 Å². The van der Waals surface area contributed by atoms with Crippen molar-refractivity contribution in [2.24, 2.45) is 5.73 Å². The van der Waals surface area contributed by atoms with Crippen molar-refractivity contribution in [2.75, 3.05) is 12.0 Å². The van der Waals surface area contributed by atoms with Gasteiger partial charge in [0.1, 0.15) is 0 Å². The van der Waals surface area contributed by atoms with Gasteiger partial charge in [0.25, 0.3) is 0 Å². The van der Waals surface area contributed by atoms with Gasteiger partial charge >= 0.3 is 0 Å². The fourth-order valence-electron chi connectivity index (χ4n) is 1.87. The molecule has 1 aliphatic carbocycles. The van der Waals surface area contributed by atoms with E-state index < -0.39 is 10.8 Å². The smallest absolute Gasteiger partial charge is 0.222 e. The largest absolute Gasteiger partial charge is 0.354 e. The second-order valence-corrected chi connectivity index (χ2v) is 6.48. The Balaban J connectivity index is 2.20. The number of nitrogens with two attached hydrogens (primary N) is 1. The van der Waals surface area contributed by atoms with Gasteiger partial charge in [-0.3, -0.25) is 9.00 Å². The van der Waals surface area contributed by atoms with E-state index in [9.17, 15) is 9.00 Å². The normalized spacial score (nSPS) is 21.9. The van der Waals surface area contributed by atoms with Crippen LogP contribution in [0.25, 0.3) is 0 Å². The number of nitrogens with one attached hydrogen (secondary N) is 1. The molecule has 1 rings (SSSR count). The molecule has 0 aromatic rings. The van der Waals surface area contributed by atoms with Gasteiger partial charge in [-0.05, 0) is 32.6 Å². The standard InChI is InChI=1S/C11H22N2O2S/c1-9(4-7-16(2)15)13-10(14)8-11(12)5-3-6-11/h9H,3-8,12H2,1-2H3,(H,13,14). The molecular weight excluding hydrogens is 224 g/mol. The summed E-state index contributed by atoms with van der Waals surface area (Å²) < 4.78 is 10.9. The quantitative estimate of drug-likeness (QED) is 0.718. The summed E-state index contributed by atoms with van der Waals surface area (Å²) in [4.78, 5) is 11.6. The first-order chi connectivity index (χ1) is 7.41. The van der Waals surface area contributed by atoms with E-state index in [4.69, 9.17) is 5.73 Å². The molecule has 16 heavy (non-hydrogen) atoms. The fraction of sp³-hybridized carbons (Fsp3) is 0.909. The van der Waals surface area contributed by atoms with E-state index in [-0.39, 0.29) is 17.5 Å². The minimum absolute atomic E-state index is 0.0246. The lowest BCUT2D eigenvalue weighted by Crippen LogP contribution is -2.50. The van der Waals surface area contributed by atoms with Crippen molar-refractivity contribution in [1.82, 2.24) is 5.32 Å². The first-order valence-corrected chi connectivity index (χ1v) is 7.52. The van der Waals surface area contributed by atoms with Gasteiger partial charge < -0.3 is 11.1 Å². The number of carbonyl (C=O) groups excluding carboxylic acids is 1. The number of amides is 1. The Kier molecular flexibility index (Phi) is 4.92. The molecule has 1 fully saturated rings. The average Bonchev–Trinajstić information content (AvgIpc) is 2.12. The molecule has 1 amide bonds. The summed E-state index contributed by atoms with van der Waals surface area (Å²) >= 11 is 0. The molecule has 0 spiro atoms. The van der Waals surface area contributed by atoms with Crippen molar-refractivity contribution in [1.29, 1.82) is 0 Å². The maximum absolute atomic E-state index is 11.6. The Morgan fingerprint density at radius 1 is 1.56 bits per heavy atom. The number of hydrogen-bond acceptors (Lipinski definition) is 3. The van der Waals surface area contributed by atoms with Gasteiger partial charge in [-0.1, -0.05) is 0 Å². The van der Waals surface area contributed by atoms with Crippen LogP contribution in [-0.2, 0) is 15.6 Å². The van der Waals surface area contributed by atoms with E-state index in [0.717, 1.165) is 25.7 Å². The van der Waals surface area contributed by atoms with Crippen LogP contribution >= 0.6 is 0 Å². The van der Waals surface area contributed by atoms with Gasteiger partial charge in [0.05, 0.1) is 0 Å². The van der Waals surface area contributed by atoms with Crippen molar-refractivity contribution < 1.29 is 9.00 Å². The summed E-state index contributed by atoms with van der Waals surface area (Å²) in [6.07, 6.45) is 5.90. The zero-order chi connectivity index (χ0) is 12.2. The van der Waals surface area contributed by atoms with Crippen molar-refractivity contribution in [3.8, 4) is 0 Å². The highest BCUT2D eigenvalue weighted by Crippen LogP contribution is 2.31. The second kappa shape index (κ2) is 5.77. The van der Waals surface area contributed by atoms with Crippen LogP contribution in [0.2, 0.25) is 0 Å². The van der Waals surface area contributed by atoms with Gasteiger partial charge in [-0.2, -0.15) is 0 Å². The molecule has 4 nitrogen and oxygen atoms in total. The SMILES string of the molecule is CC(CCS(C)=O)NC(=O)CC1(N)CCC1. The highest BCUT2D eigenvalue weighted by Gasteiger charge is 2.34. The number of hydrogen-bond donors (Lipinski definition) is 2. The average molecular weight is 246 g/mol. The van der Waals surface area contributed by atoms with Crippen molar-refractivity contribution >= 4 is 16.7 Å². The third-order valence-corrected chi connectivity index (χ3v) is 3.92. The topological polar surface area (TPSA) is 72.2 Å². The molecule has 94 valence electrons. The molecule has 0 aromatic heterocycles. The van der Waals surface area contributed by atoms with Gasteiger partial charge in [0.15, 0.2) is 0 Å². The lowest BCUT2D eigenvalue weighted by molar-refractivity contribution is -0.123. The summed E-state index contributed by atoms with van der Waals surface area (Å²) in [7, 11) is -0.786. The molecule has 0 radical (unpaired) electrons. The molecule has 0 aliphatic heterocycles. The highest BCUT2D eigenvalue weighted by molar-refractivity contribution is 7.84. The number of rotatable bonds is 6. The van der Waals surface area contributed by atoms with Gasteiger partial charge in [-0.15, -0.1) is 0 Å². The molecule has 0 saturated heterocycles. The Hall–Kier alpha value is -0.420. The summed E-state index contributed by atoms with van der Waals surface area (Å²) in [5.74, 6) is 0.659. The lowest BCUT2D eigenvalue weighted by atomic mass is 9.75. The van der Waals surface area contributed by atoms with E-state index >= 15 is 0 Å².